The van der Waals surface area contributed by atoms with Crippen LogP contribution in [0.25, 0.3) is 0 Å². The number of hydrogen-bond acceptors (Lipinski definition) is 1. The van der Waals surface area contributed by atoms with Crippen LogP contribution in [0.2, 0.25) is 0 Å². The van der Waals surface area contributed by atoms with E-state index in [1.54, 1.807) is 0 Å². The summed E-state index contributed by atoms with van der Waals surface area (Å²) in [5.74, 6) is 0. The summed E-state index contributed by atoms with van der Waals surface area (Å²) in [6, 6.07) is 8.75. The van der Waals surface area contributed by atoms with E-state index in [9.17, 15) is 0 Å². The zero-order chi connectivity index (χ0) is 10.7. The fraction of sp³-hybridized carbons (Fsp3) is 0.538. The van der Waals surface area contributed by atoms with Crippen molar-refractivity contribution in [2.75, 3.05) is 13.1 Å². The molecule has 0 bridgehead atoms. The van der Waals surface area contributed by atoms with Crippen molar-refractivity contribution < 1.29 is 0 Å². The van der Waals surface area contributed by atoms with Crippen molar-refractivity contribution >= 4 is 15.9 Å². The van der Waals surface area contributed by atoms with Gasteiger partial charge in [0.1, 0.15) is 0 Å². The van der Waals surface area contributed by atoms with Crippen molar-refractivity contribution in [1.82, 2.24) is 5.32 Å². The monoisotopic (exact) mass is 267 g/mol. The number of hydrogen-bond donors (Lipinski definition) is 1. The van der Waals surface area contributed by atoms with Gasteiger partial charge in [0.25, 0.3) is 0 Å². The van der Waals surface area contributed by atoms with E-state index < -0.39 is 0 Å². The van der Waals surface area contributed by atoms with Crippen LogP contribution >= 0.6 is 15.9 Å². The summed E-state index contributed by atoms with van der Waals surface area (Å²) in [5.41, 5.74) is 1.93. The first-order chi connectivity index (χ1) is 7.27. The first-order valence-corrected chi connectivity index (χ1v) is 6.53. The summed E-state index contributed by atoms with van der Waals surface area (Å²) in [6.45, 7) is 4.48. The number of halogens is 1. The number of benzene rings is 1. The molecule has 1 aliphatic rings. The van der Waals surface area contributed by atoms with Crippen LogP contribution in [0.1, 0.15) is 31.7 Å². The molecule has 0 saturated heterocycles. The van der Waals surface area contributed by atoms with E-state index in [0.29, 0.717) is 5.41 Å². The molecule has 1 aromatic carbocycles. The normalized spacial score (nSPS) is 17.7. The third-order valence-electron chi connectivity index (χ3n) is 3.18. The maximum absolute atomic E-state index is 3.54. The lowest BCUT2D eigenvalue weighted by atomic mass is 9.96. The molecule has 1 fully saturated rings. The van der Waals surface area contributed by atoms with Crippen LogP contribution in [0, 0.1) is 0 Å². The van der Waals surface area contributed by atoms with E-state index in [4.69, 9.17) is 0 Å². The van der Waals surface area contributed by atoms with Crippen molar-refractivity contribution in [3.63, 3.8) is 0 Å². The summed E-state index contributed by atoms with van der Waals surface area (Å²) < 4.78 is 1.20. The van der Waals surface area contributed by atoms with E-state index in [-0.39, 0.29) is 0 Å². The lowest BCUT2D eigenvalue weighted by Gasteiger charge is -2.16. The Labute approximate surface area is 100 Å². The summed E-state index contributed by atoms with van der Waals surface area (Å²) in [7, 11) is 0. The minimum atomic E-state index is 0.443. The largest absolute Gasteiger partial charge is 0.316 e. The van der Waals surface area contributed by atoms with E-state index >= 15 is 0 Å². The van der Waals surface area contributed by atoms with Gasteiger partial charge in [0.15, 0.2) is 0 Å². The lowest BCUT2D eigenvalue weighted by molar-refractivity contribution is 0.571. The molecule has 2 rings (SSSR count). The molecular weight excluding hydrogens is 250 g/mol. The Balaban J connectivity index is 2.02. The van der Waals surface area contributed by atoms with Gasteiger partial charge in [0, 0.05) is 16.4 Å². The summed E-state index contributed by atoms with van der Waals surface area (Å²) in [5, 5.41) is 3.54. The number of nitrogens with one attached hydrogen (secondary N) is 1. The summed E-state index contributed by atoms with van der Waals surface area (Å²) in [4.78, 5) is 0. The van der Waals surface area contributed by atoms with Gasteiger partial charge in [-0.3, -0.25) is 0 Å². The van der Waals surface area contributed by atoms with Crippen molar-refractivity contribution in [1.29, 1.82) is 0 Å². The van der Waals surface area contributed by atoms with E-state index in [1.807, 2.05) is 0 Å². The van der Waals surface area contributed by atoms with E-state index in [0.717, 1.165) is 13.1 Å². The maximum atomic E-state index is 3.54. The Morgan fingerprint density at radius 2 is 2.20 bits per heavy atom. The second kappa shape index (κ2) is 4.67. The first kappa shape index (κ1) is 11.2. The van der Waals surface area contributed by atoms with Crippen LogP contribution in [0.5, 0.6) is 0 Å². The van der Waals surface area contributed by atoms with Crippen LogP contribution in [0.4, 0.5) is 0 Å². The quantitative estimate of drug-likeness (QED) is 0.806. The highest BCUT2D eigenvalue weighted by molar-refractivity contribution is 9.10. The van der Waals surface area contributed by atoms with Gasteiger partial charge >= 0.3 is 0 Å². The molecule has 1 saturated carbocycles. The highest BCUT2D eigenvalue weighted by Crippen LogP contribution is 2.48. The zero-order valence-electron chi connectivity index (χ0n) is 9.22. The SMILES string of the molecule is CCCNCC1(c2cccc(Br)c2)CC1. The average Bonchev–Trinajstić information content (AvgIpc) is 3.00. The summed E-state index contributed by atoms with van der Waals surface area (Å²) in [6.07, 6.45) is 3.88. The van der Waals surface area contributed by atoms with Gasteiger partial charge in [-0.1, -0.05) is 35.0 Å². The highest BCUT2D eigenvalue weighted by atomic mass is 79.9. The smallest absolute Gasteiger partial charge is 0.0178 e. The van der Waals surface area contributed by atoms with Crippen molar-refractivity contribution in [3.8, 4) is 0 Å². The Bertz CT molecular complexity index is 331. The molecule has 0 heterocycles. The van der Waals surface area contributed by atoms with Crippen LogP contribution in [-0.4, -0.2) is 13.1 Å². The fourth-order valence-corrected chi connectivity index (χ4v) is 2.44. The van der Waals surface area contributed by atoms with Crippen molar-refractivity contribution in [3.05, 3.63) is 34.3 Å². The maximum Gasteiger partial charge on any atom is 0.0178 e. The van der Waals surface area contributed by atoms with Crippen molar-refractivity contribution in [2.45, 2.75) is 31.6 Å². The van der Waals surface area contributed by atoms with Gasteiger partial charge in [0.2, 0.25) is 0 Å². The molecule has 1 nitrogen and oxygen atoms in total. The minimum Gasteiger partial charge on any atom is -0.316 e. The molecule has 2 heteroatoms. The molecule has 1 N–H and O–H groups in total. The molecule has 0 amide bonds. The van der Waals surface area contributed by atoms with Crippen LogP contribution in [0.15, 0.2) is 28.7 Å². The second-order valence-electron chi connectivity index (χ2n) is 4.47. The van der Waals surface area contributed by atoms with Crippen LogP contribution in [-0.2, 0) is 5.41 Å². The molecular formula is C13H18BrN. The average molecular weight is 268 g/mol. The van der Waals surface area contributed by atoms with Crippen LogP contribution < -0.4 is 5.32 Å². The number of rotatable bonds is 5. The first-order valence-electron chi connectivity index (χ1n) is 5.74. The van der Waals surface area contributed by atoms with Gasteiger partial charge in [-0.15, -0.1) is 0 Å². The van der Waals surface area contributed by atoms with Gasteiger partial charge in [-0.25, -0.2) is 0 Å². The van der Waals surface area contributed by atoms with E-state index in [2.05, 4.69) is 52.4 Å². The Morgan fingerprint density at radius 1 is 1.40 bits per heavy atom. The topological polar surface area (TPSA) is 12.0 Å². The predicted molar refractivity (Wildman–Crippen MR) is 68.2 cm³/mol. The van der Waals surface area contributed by atoms with Crippen molar-refractivity contribution in [2.24, 2.45) is 0 Å². The molecule has 0 aliphatic heterocycles. The molecule has 0 atom stereocenters. The molecule has 1 aromatic rings. The Hall–Kier alpha value is -0.340. The molecule has 0 aromatic heterocycles. The molecule has 0 spiro atoms. The third-order valence-corrected chi connectivity index (χ3v) is 3.67. The minimum absolute atomic E-state index is 0.443. The lowest BCUT2D eigenvalue weighted by Crippen LogP contribution is -2.27. The molecule has 0 radical (unpaired) electrons. The molecule has 82 valence electrons. The molecule has 15 heavy (non-hydrogen) atoms. The van der Waals surface area contributed by atoms with E-state index in [1.165, 1.54) is 29.3 Å². The second-order valence-corrected chi connectivity index (χ2v) is 5.38. The predicted octanol–water partition coefficient (Wildman–Crippen LogP) is 3.48. The van der Waals surface area contributed by atoms with Gasteiger partial charge in [0.05, 0.1) is 0 Å². The zero-order valence-corrected chi connectivity index (χ0v) is 10.8. The molecule has 1 aliphatic carbocycles. The summed E-state index contributed by atoms with van der Waals surface area (Å²) >= 11 is 3.54. The Morgan fingerprint density at radius 3 is 2.80 bits per heavy atom. The van der Waals surface area contributed by atoms with Gasteiger partial charge in [-0.05, 0) is 43.5 Å². The van der Waals surface area contributed by atoms with Gasteiger partial charge < -0.3 is 5.32 Å². The highest BCUT2D eigenvalue weighted by Gasteiger charge is 2.43. The standard InChI is InChI=1S/C13H18BrN/c1-2-8-15-10-13(6-7-13)11-4-3-5-12(14)9-11/h3-5,9,15H,2,6-8,10H2,1H3. The molecule has 0 unspecified atom stereocenters. The third kappa shape index (κ3) is 2.61. The van der Waals surface area contributed by atoms with Gasteiger partial charge in [-0.2, -0.15) is 0 Å². The van der Waals surface area contributed by atoms with Crippen LogP contribution in [0.3, 0.4) is 0 Å². The Kier molecular flexibility index (Phi) is 3.47. The fourth-order valence-electron chi connectivity index (χ4n) is 2.04.